The second kappa shape index (κ2) is 10.1. The fraction of sp³-hybridized carbons (Fsp3) is 0.417. The first-order valence-corrected chi connectivity index (χ1v) is 11.0. The first-order chi connectivity index (χ1) is 15.2. The number of esters is 1. The van der Waals surface area contributed by atoms with E-state index in [1.54, 1.807) is 12.1 Å². The van der Waals surface area contributed by atoms with Gasteiger partial charge in [-0.15, -0.1) is 0 Å². The van der Waals surface area contributed by atoms with Crippen molar-refractivity contribution in [3.8, 4) is 0 Å². The number of amides is 1. The lowest BCUT2D eigenvalue weighted by molar-refractivity contribution is 0.0496. The summed E-state index contributed by atoms with van der Waals surface area (Å²) in [5.74, 6) is -0.411. The highest BCUT2D eigenvalue weighted by molar-refractivity contribution is 6.34. The van der Waals surface area contributed by atoms with Crippen LogP contribution in [-0.4, -0.2) is 43.9 Å². The van der Waals surface area contributed by atoms with Gasteiger partial charge in [0.25, 0.3) is 0 Å². The molecular weight excluding hydrogens is 430 g/mol. The van der Waals surface area contributed by atoms with Crippen LogP contribution in [0.4, 0.5) is 21.9 Å². The van der Waals surface area contributed by atoms with E-state index in [2.05, 4.69) is 15.5 Å². The van der Waals surface area contributed by atoms with Gasteiger partial charge < -0.3 is 25.0 Å². The summed E-state index contributed by atoms with van der Waals surface area (Å²) in [6.07, 6.45) is 1.14. The molecule has 0 saturated carbocycles. The van der Waals surface area contributed by atoms with Crippen LogP contribution in [0.25, 0.3) is 0 Å². The van der Waals surface area contributed by atoms with Gasteiger partial charge in [-0.05, 0) is 57.9 Å². The van der Waals surface area contributed by atoms with Gasteiger partial charge in [0, 0.05) is 19.1 Å². The number of ether oxygens (including phenoxy) is 2. The van der Waals surface area contributed by atoms with Gasteiger partial charge in [0.1, 0.15) is 5.60 Å². The average molecular weight is 460 g/mol. The van der Waals surface area contributed by atoms with Crippen LogP contribution in [0.15, 0.2) is 42.5 Å². The summed E-state index contributed by atoms with van der Waals surface area (Å²) < 4.78 is 10.3. The topological polar surface area (TPSA) is 79.9 Å². The summed E-state index contributed by atoms with van der Waals surface area (Å²) >= 11 is 6.59. The van der Waals surface area contributed by atoms with Gasteiger partial charge in [0.05, 0.1) is 34.8 Å². The largest absolute Gasteiger partial charge is 0.465 e. The number of methoxy groups -OCH3 is 1. The zero-order valence-corrected chi connectivity index (χ0v) is 19.7. The van der Waals surface area contributed by atoms with Crippen LogP contribution in [-0.2, 0) is 9.47 Å². The van der Waals surface area contributed by atoms with Crippen LogP contribution in [0.2, 0.25) is 5.02 Å². The molecule has 3 rings (SSSR count). The van der Waals surface area contributed by atoms with E-state index in [-0.39, 0.29) is 6.04 Å². The third-order valence-electron chi connectivity index (χ3n) is 5.12. The summed E-state index contributed by atoms with van der Waals surface area (Å²) in [7, 11) is 1.36. The normalized spacial score (nSPS) is 14.6. The maximum atomic E-state index is 12.1. The molecule has 0 bridgehead atoms. The highest BCUT2D eigenvalue weighted by Gasteiger charge is 2.26. The lowest BCUT2D eigenvalue weighted by Crippen LogP contribution is -2.46. The van der Waals surface area contributed by atoms with Gasteiger partial charge in [-0.25, -0.2) is 9.59 Å². The number of nitrogens with one attached hydrogen (secondary N) is 2. The maximum absolute atomic E-state index is 12.1. The molecule has 172 valence electrons. The molecule has 0 radical (unpaired) electrons. The molecule has 1 aliphatic heterocycles. The number of para-hydroxylation sites is 2. The molecule has 0 aliphatic carbocycles. The van der Waals surface area contributed by atoms with Gasteiger partial charge in [0.15, 0.2) is 0 Å². The van der Waals surface area contributed by atoms with E-state index in [1.807, 2.05) is 51.1 Å². The van der Waals surface area contributed by atoms with Crippen LogP contribution in [0.1, 0.15) is 44.0 Å². The predicted octanol–water partition coefficient (Wildman–Crippen LogP) is 5.36. The van der Waals surface area contributed by atoms with Gasteiger partial charge >= 0.3 is 12.1 Å². The number of hydrogen-bond acceptors (Lipinski definition) is 6. The van der Waals surface area contributed by atoms with Crippen molar-refractivity contribution in [2.45, 2.75) is 45.3 Å². The number of hydrogen-bond donors (Lipinski definition) is 2. The Morgan fingerprint density at radius 3 is 2.34 bits per heavy atom. The maximum Gasteiger partial charge on any atom is 0.407 e. The number of alkyl carbamates (subject to hydrolysis) is 1. The lowest BCUT2D eigenvalue weighted by atomic mass is 10.0. The van der Waals surface area contributed by atoms with Crippen LogP contribution in [0.3, 0.4) is 0 Å². The predicted molar refractivity (Wildman–Crippen MR) is 127 cm³/mol. The minimum atomic E-state index is -0.524. The molecule has 0 atom stereocenters. The molecule has 7 nitrogen and oxygen atoms in total. The highest BCUT2D eigenvalue weighted by Crippen LogP contribution is 2.37. The Morgan fingerprint density at radius 2 is 1.69 bits per heavy atom. The third-order valence-corrected chi connectivity index (χ3v) is 5.43. The van der Waals surface area contributed by atoms with Crippen LogP contribution in [0, 0.1) is 0 Å². The Kier molecular flexibility index (Phi) is 7.51. The number of nitrogens with zero attached hydrogens (tertiary/aromatic N) is 1. The molecular formula is C24H30ClN3O4. The average Bonchev–Trinajstić information content (AvgIpc) is 2.73. The first-order valence-electron chi connectivity index (χ1n) is 10.7. The fourth-order valence-corrected chi connectivity index (χ4v) is 3.98. The van der Waals surface area contributed by atoms with Crippen molar-refractivity contribution in [3.05, 3.63) is 53.1 Å². The standard InChI is InChI=1S/C24H30ClN3O4/c1-24(2,3)32-23(30)26-16-12-14-28(15-13-16)21-18(25)9-7-11-20(21)27-19-10-6-5-8-17(19)22(29)31-4/h5-11,16,27H,12-15H2,1-4H3,(H,26,30). The van der Waals surface area contributed by atoms with E-state index in [0.29, 0.717) is 16.3 Å². The highest BCUT2D eigenvalue weighted by atomic mass is 35.5. The minimum absolute atomic E-state index is 0.0417. The van der Waals surface area contributed by atoms with Gasteiger partial charge in [-0.1, -0.05) is 29.8 Å². The zero-order chi connectivity index (χ0) is 23.3. The van der Waals surface area contributed by atoms with Crippen molar-refractivity contribution in [1.29, 1.82) is 0 Å². The number of rotatable bonds is 5. The van der Waals surface area contributed by atoms with E-state index in [9.17, 15) is 9.59 Å². The van der Waals surface area contributed by atoms with Crippen molar-refractivity contribution < 1.29 is 19.1 Å². The molecule has 1 fully saturated rings. The molecule has 1 aliphatic rings. The Morgan fingerprint density at radius 1 is 1.03 bits per heavy atom. The molecule has 0 spiro atoms. The van der Waals surface area contributed by atoms with Gasteiger partial charge in [-0.3, -0.25) is 0 Å². The van der Waals surface area contributed by atoms with E-state index >= 15 is 0 Å². The molecule has 2 N–H and O–H groups in total. The first kappa shape index (κ1) is 23.7. The summed E-state index contributed by atoms with van der Waals surface area (Å²) in [5, 5.41) is 6.92. The van der Waals surface area contributed by atoms with E-state index in [1.165, 1.54) is 7.11 Å². The summed E-state index contributed by atoms with van der Waals surface area (Å²) in [5.41, 5.74) is 2.23. The van der Waals surface area contributed by atoms with Crippen molar-refractivity contribution in [2.24, 2.45) is 0 Å². The molecule has 1 saturated heterocycles. The number of carbonyl (C=O) groups excluding carboxylic acids is 2. The number of halogens is 1. The number of anilines is 3. The Bertz CT molecular complexity index is 966. The molecule has 0 unspecified atom stereocenters. The molecule has 2 aromatic carbocycles. The molecule has 1 heterocycles. The SMILES string of the molecule is COC(=O)c1ccccc1Nc1cccc(Cl)c1N1CCC(NC(=O)OC(C)(C)C)CC1. The minimum Gasteiger partial charge on any atom is -0.465 e. The molecule has 32 heavy (non-hydrogen) atoms. The summed E-state index contributed by atoms with van der Waals surface area (Å²) in [6, 6.07) is 12.9. The quantitative estimate of drug-likeness (QED) is 0.585. The second-order valence-corrected chi connectivity index (χ2v) is 9.11. The monoisotopic (exact) mass is 459 g/mol. The lowest BCUT2D eigenvalue weighted by Gasteiger charge is -2.35. The smallest absolute Gasteiger partial charge is 0.407 e. The summed E-state index contributed by atoms with van der Waals surface area (Å²) in [4.78, 5) is 26.4. The Balaban J connectivity index is 1.73. The number of piperidine rings is 1. The molecule has 2 aromatic rings. The number of carbonyl (C=O) groups is 2. The van der Waals surface area contributed by atoms with E-state index < -0.39 is 17.7 Å². The van der Waals surface area contributed by atoms with Gasteiger partial charge in [0.2, 0.25) is 0 Å². The molecule has 0 aromatic heterocycles. The van der Waals surface area contributed by atoms with Crippen molar-refractivity contribution in [3.63, 3.8) is 0 Å². The van der Waals surface area contributed by atoms with E-state index in [4.69, 9.17) is 21.1 Å². The summed E-state index contributed by atoms with van der Waals surface area (Å²) in [6.45, 7) is 6.98. The van der Waals surface area contributed by atoms with Crippen molar-refractivity contribution in [2.75, 3.05) is 30.4 Å². The Labute approximate surface area is 194 Å². The second-order valence-electron chi connectivity index (χ2n) is 8.71. The van der Waals surface area contributed by atoms with E-state index in [0.717, 1.165) is 37.3 Å². The number of benzene rings is 2. The van der Waals surface area contributed by atoms with Crippen molar-refractivity contribution in [1.82, 2.24) is 5.32 Å². The fourth-order valence-electron chi connectivity index (χ4n) is 3.68. The third kappa shape index (κ3) is 6.07. The van der Waals surface area contributed by atoms with Crippen molar-refractivity contribution >= 4 is 40.7 Å². The van der Waals surface area contributed by atoms with Gasteiger partial charge in [-0.2, -0.15) is 0 Å². The molecule has 8 heteroatoms. The Hall–Kier alpha value is -2.93. The van der Waals surface area contributed by atoms with Crippen LogP contribution < -0.4 is 15.5 Å². The molecule has 1 amide bonds. The van der Waals surface area contributed by atoms with Crippen LogP contribution in [0.5, 0.6) is 0 Å². The zero-order valence-electron chi connectivity index (χ0n) is 18.9. The van der Waals surface area contributed by atoms with Crippen LogP contribution >= 0.6 is 11.6 Å².